The molecule has 19 heavy (non-hydrogen) atoms. The molecule has 0 atom stereocenters. The van der Waals surface area contributed by atoms with E-state index in [1.165, 1.54) is 6.42 Å². The van der Waals surface area contributed by atoms with Gasteiger partial charge in [0, 0.05) is 22.5 Å². The second-order valence-electron chi connectivity index (χ2n) is 5.41. The summed E-state index contributed by atoms with van der Waals surface area (Å²) in [5.41, 5.74) is 0.434. The lowest BCUT2D eigenvalue weighted by molar-refractivity contribution is 0.0718. The van der Waals surface area contributed by atoms with Gasteiger partial charge >= 0.3 is 0 Å². The average Bonchev–Trinajstić information content (AvgIpc) is 2.46. The van der Waals surface area contributed by atoms with Crippen LogP contribution in [0.4, 0.5) is 0 Å². The first-order valence-electron chi connectivity index (χ1n) is 6.80. The van der Waals surface area contributed by atoms with E-state index in [4.69, 9.17) is 11.6 Å². The first kappa shape index (κ1) is 14.4. The van der Waals surface area contributed by atoms with Crippen LogP contribution in [0.2, 0.25) is 5.02 Å². The van der Waals surface area contributed by atoms with Gasteiger partial charge < -0.3 is 10.4 Å². The third kappa shape index (κ3) is 3.71. The van der Waals surface area contributed by atoms with Crippen LogP contribution in [-0.4, -0.2) is 24.2 Å². The summed E-state index contributed by atoms with van der Waals surface area (Å²) in [4.78, 5) is 12.0. The van der Waals surface area contributed by atoms with Gasteiger partial charge in [-0.05, 0) is 31.0 Å². The molecule has 0 radical (unpaired) electrons. The number of aliphatic hydroxyl groups is 1. The van der Waals surface area contributed by atoms with E-state index < -0.39 is 0 Å². The summed E-state index contributed by atoms with van der Waals surface area (Å²) in [5, 5.41) is 13.1. The molecule has 1 aliphatic carbocycles. The van der Waals surface area contributed by atoms with Crippen LogP contribution < -0.4 is 5.32 Å². The van der Waals surface area contributed by atoms with E-state index >= 15 is 0 Å². The zero-order chi connectivity index (χ0) is 13.7. The highest BCUT2D eigenvalue weighted by Gasteiger charge is 2.31. The number of nitrogens with one attached hydrogen (secondary N) is 1. The number of halogens is 1. The lowest BCUT2D eigenvalue weighted by Crippen LogP contribution is -2.41. The number of benzene rings is 1. The molecule has 1 aliphatic rings. The molecule has 1 amide bonds. The molecule has 0 aromatic heterocycles. The van der Waals surface area contributed by atoms with Gasteiger partial charge in [-0.25, -0.2) is 0 Å². The fourth-order valence-corrected chi connectivity index (χ4v) is 2.88. The molecule has 1 aromatic carbocycles. The molecule has 0 heterocycles. The molecule has 0 saturated heterocycles. The molecular formula is C15H20ClNO2. The number of carbonyl (C=O) groups excluding carboxylic acids is 1. The van der Waals surface area contributed by atoms with Crippen molar-refractivity contribution in [1.29, 1.82) is 0 Å². The van der Waals surface area contributed by atoms with Crippen molar-refractivity contribution in [2.24, 2.45) is 5.41 Å². The summed E-state index contributed by atoms with van der Waals surface area (Å²) >= 11 is 5.87. The van der Waals surface area contributed by atoms with E-state index in [0.717, 1.165) is 25.7 Å². The fourth-order valence-electron chi connectivity index (χ4n) is 2.69. The van der Waals surface area contributed by atoms with Crippen LogP contribution in [0.5, 0.6) is 0 Å². The summed E-state index contributed by atoms with van der Waals surface area (Å²) in [5.74, 6) is -0.124. The van der Waals surface area contributed by atoms with Crippen molar-refractivity contribution in [1.82, 2.24) is 5.32 Å². The molecule has 1 saturated carbocycles. The van der Waals surface area contributed by atoms with Crippen molar-refractivity contribution in [3.8, 4) is 0 Å². The summed E-state index contributed by atoms with van der Waals surface area (Å²) in [7, 11) is 0. The molecule has 1 fully saturated rings. The minimum absolute atomic E-state index is 0.124. The van der Waals surface area contributed by atoms with Gasteiger partial charge in [-0.1, -0.05) is 36.9 Å². The van der Waals surface area contributed by atoms with Gasteiger partial charge in [0.25, 0.3) is 5.91 Å². The topological polar surface area (TPSA) is 49.3 Å². The monoisotopic (exact) mass is 281 g/mol. The van der Waals surface area contributed by atoms with Crippen LogP contribution in [0.1, 0.15) is 42.5 Å². The fraction of sp³-hybridized carbons (Fsp3) is 0.533. The molecule has 0 unspecified atom stereocenters. The molecule has 104 valence electrons. The molecule has 4 heteroatoms. The number of hydrogen-bond donors (Lipinski definition) is 2. The zero-order valence-corrected chi connectivity index (χ0v) is 11.7. The molecule has 3 nitrogen and oxygen atoms in total. The number of amides is 1. The van der Waals surface area contributed by atoms with E-state index in [-0.39, 0.29) is 17.9 Å². The maximum Gasteiger partial charge on any atom is 0.251 e. The third-order valence-corrected chi connectivity index (χ3v) is 4.20. The Hall–Kier alpha value is -1.06. The van der Waals surface area contributed by atoms with E-state index in [9.17, 15) is 9.90 Å². The molecule has 2 N–H and O–H groups in total. The Bertz CT molecular complexity index is 442. The Morgan fingerprint density at radius 1 is 1.32 bits per heavy atom. The summed E-state index contributed by atoms with van der Waals surface area (Å²) in [6, 6.07) is 6.91. The minimum Gasteiger partial charge on any atom is -0.396 e. The predicted molar refractivity (Wildman–Crippen MR) is 76.4 cm³/mol. The smallest absolute Gasteiger partial charge is 0.251 e. The molecule has 2 rings (SSSR count). The highest BCUT2D eigenvalue weighted by Crippen LogP contribution is 2.35. The maximum absolute atomic E-state index is 12.0. The second-order valence-corrected chi connectivity index (χ2v) is 5.85. The number of hydrogen-bond acceptors (Lipinski definition) is 2. The molecule has 0 aliphatic heterocycles. The second kappa shape index (κ2) is 6.40. The Morgan fingerprint density at radius 3 is 2.68 bits per heavy atom. The quantitative estimate of drug-likeness (QED) is 0.891. The Morgan fingerprint density at radius 2 is 2.05 bits per heavy atom. The van der Waals surface area contributed by atoms with Crippen LogP contribution in [0.3, 0.4) is 0 Å². The van der Waals surface area contributed by atoms with Crippen LogP contribution in [0, 0.1) is 5.41 Å². The summed E-state index contributed by atoms with van der Waals surface area (Å²) in [6.07, 6.45) is 5.46. The van der Waals surface area contributed by atoms with Gasteiger partial charge in [-0.15, -0.1) is 0 Å². The maximum atomic E-state index is 12.0. The van der Waals surface area contributed by atoms with Gasteiger partial charge in [0.05, 0.1) is 6.61 Å². The molecular weight excluding hydrogens is 262 g/mol. The molecule has 0 spiro atoms. The van der Waals surface area contributed by atoms with Crippen LogP contribution >= 0.6 is 11.6 Å². The van der Waals surface area contributed by atoms with Crippen LogP contribution in [0.25, 0.3) is 0 Å². The largest absolute Gasteiger partial charge is 0.396 e. The van der Waals surface area contributed by atoms with Gasteiger partial charge in [-0.2, -0.15) is 0 Å². The zero-order valence-electron chi connectivity index (χ0n) is 11.0. The highest BCUT2D eigenvalue weighted by atomic mass is 35.5. The average molecular weight is 282 g/mol. The number of rotatable bonds is 4. The Labute approximate surface area is 119 Å². The van der Waals surface area contributed by atoms with Crippen molar-refractivity contribution in [2.45, 2.75) is 32.1 Å². The number of carbonyl (C=O) groups is 1. The predicted octanol–water partition coefficient (Wildman–Crippen LogP) is 3.01. The van der Waals surface area contributed by atoms with Crippen molar-refractivity contribution in [2.75, 3.05) is 13.2 Å². The van der Waals surface area contributed by atoms with Crippen LogP contribution in [-0.2, 0) is 0 Å². The SMILES string of the molecule is O=C(NCC1(CO)CCCCC1)c1cccc(Cl)c1. The lowest BCUT2D eigenvalue weighted by Gasteiger charge is -2.35. The number of aliphatic hydroxyl groups excluding tert-OH is 1. The summed E-state index contributed by atoms with van der Waals surface area (Å²) in [6.45, 7) is 0.678. The van der Waals surface area contributed by atoms with Crippen molar-refractivity contribution in [3.05, 3.63) is 34.9 Å². The summed E-state index contributed by atoms with van der Waals surface area (Å²) < 4.78 is 0. The Balaban J connectivity index is 1.95. The van der Waals surface area contributed by atoms with Gasteiger partial charge in [0.2, 0.25) is 0 Å². The van der Waals surface area contributed by atoms with E-state index in [0.29, 0.717) is 17.1 Å². The lowest BCUT2D eigenvalue weighted by atomic mass is 9.74. The first-order chi connectivity index (χ1) is 9.15. The van der Waals surface area contributed by atoms with Crippen molar-refractivity contribution < 1.29 is 9.90 Å². The normalized spacial score (nSPS) is 18.0. The van der Waals surface area contributed by atoms with Crippen LogP contribution in [0.15, 0.2) is 24.3 Å². The van der Waals surface area contributed by atoms with Gasteiger partial charge in [-0.3, -0.25) is 4.79 Å². The molecule has 0 bridgehead atoms. The standard InChI is InChI=1S/C15H20ClNO2/c16-13-6-4-5-12(9-13)14(19)17-10-15(11-18)7-2-1-3-8-15/h4-6,9,18H,1-3,7-8,10-11H2,(H,17,19). The Kier molecular flexibility index (Phi) is 4.83. The van der Waals surface area contributed by atoms with E-state index in [1.54, 1.807) is 24.3 Å². The first-order valence-corrected chi connectivity index (χ1v) is 7.18. The third-order valence-electron chi connectivity index (χ3n) is 3.96. The molecule has 1 aromatic rings. The minimum atomic E-state index is -0.132. The highest BCUT2D eigenvalue weighted by molar-refractivity contribution is 6.30. The van der Waals surface area contributed by atoms with Gasteiger partial charge in [0.1, 0.15) is 0 Å². The van der Waals surface area contributed by atoms with Crippen molar-refractivity contribution in [3.63, 3.8) is 0 Å². The van der Waals surface area contributed by atoms with Crippen molar-refractivity contribution >= 4 is 17.5 Å². The van der Waals surface area contributed by atoms with E-state index in [1.807, 2.05) is 0 Å². The van der Waals surface area contributed by atoms with E-state index in [2.05, 4.69) is 5.32 Å². The van der Waals surface area contributed by atoms with Gasteiger partial charge in [0.15, 0.2) is 0 Å².